The molecule has 0 saturated carbocycles. The van der Waals surface area contributed by atoms with Gasteiger partial charge in [-0.2, -0.15) is 0 Å². The number of anilines is 1. The first kappa shape index (κ1) is 22.7. The third-order valence-electron chi connectivity index (χ3n) is 6.67. The number of fused-ring (bicyclic) bond motifs is 1. The summed E-state index contributed by atoms with van der Waals surface area (Å²) in [6.45, 7) is 1.43. The number of nitrogens with one attached hydrogen (secondary N) is 1. The van der Waals surface area contributed by atoms with E-state index in [1.165, 1.54) is 0 Å². The van der Waals surface area contributed by atoms with Crippen LogP contribution in [0.3, 0.4) is 0 Å². The van der Waals surface area contributed by atoms with E-state index < -0.39 is 0 Å². The molecule has 180 valence electrons. The van der Waals surface area contributed by atoms with Gasteiger partial charge in [0, 0.05) is 44.6 Å². The summed E-state index contributed by atoms with van der Waals surface area (Å²) in [5.41, 5.74) is 3.51. The van der Waals surface area contributed by atoms with Crippen LogP contribution in [0.15, 0.2) is 54.7 Å². The Balaban J connectivity index is 1.46. The Hall–Kier alpha value is -4.07. The van der Waals surface area contributed by atoms with Gasteiger partial charge in [0.05, 0.1) is 16.6 Å². The minimum atomic E-state index is -0.196. The number of aromatic hydroxyl groups is 1. The van der Waals surface area contributed by atoms with Crippen molar-refractivity contribution in [2.75, 3.05) is 18.4 Å². The van der Waals surface area contributed by atoms with Gasteiger partial charge in [-0.15, -0.1) is 0 Å². The maximum atomic E-state index is 13.2. The summed E-state index contributed by atoms with van der Waals surface area (Å²) in [5.74, 6) is 0.146. The largest absolute Gasteiger partial charge is 0.505 e. The van der Waals surface area contributed by atoms with Crippen LogP contribution >= 0.6 is 0 Å². The lowest BCUT2D eigenvalue weighted by Gasteiger charge is -2.19. The number of aryl methyl sites for hydroxylation is 2. The second kappa shape index (κ2) is 9.29. The number of rotatable bonds is 4. The first-order valence-electron chi connectivity index (χ1n) is 11.9. The fourth-order valence-electron chi connectivity index (χ4n) is 4.76. The van der Waals surface area contributed by atoms with Crippen LogP contribution in [0.2, 0.25) is 0 Å². The molecule has 1 saturated heterocycles. The number of benzene rings is 2. The molecule has 0 aliphatic carbocycles. The number of likely N-dealkylation sites (tertiary alicyclic amines) is 1. The Morgan fingerprint density at radius 1 is 0.971 bits per heavy atom. The Kier molecular flexibility index (Phi) is 6.03. The minimum Gasteiger partial charge on any atom is -0.505 e. The molecule has 2 N–H and O–H groups in total. The van der Waals surface area contributed by atoms with Crippen molar-refractivity contribution in [3.05, 3.63) is 65.9 Å². The van der Waals surface area contributed by atoms with Gasteiger partial charge >= 0.3 is 0 Å². The monoisotopic (exact) mass is 471 g/mol. The van der Waals surface area contributed by atoms with Crippen LogP contribution in [-0.2, 0) is 14.1 Å². The zero-order valence-corrected chi connectivity index (χ0v) is 20.0. The Labute approximate surface area is 203 Å². The lowest BCUT2D eigenvalue weighted by Crippen LogP contribution is -2.31. The van der Waals surface area contributed by atoms with Crippen molar-refractivity contribution >= 4 is 28.5 Å². The smallest absolute Gasteiger partial charge is 0.259 e. The summed E-state index contributed by atoms with van der Waals surface area (Å²) in [6.07, 6.45) is 5.91. The molecular formula is C27H29N5O3. The van der Waals surface area contributed by atoms with Gasteiger partial charge in [0.2, 0.25) is 0 Å². The van der Waals surface area contributed by atoms with Crippen LogP contribution in [0.4, 0.5) is 5.69 Å². The molecule has 0 radical (unpaired) electrons. The molecule has 5 rings (SSSR count). The molecule has 0 spiro atoms. The molecule has 35 heavy (non-hydrogen) atoms. The summed E-state index contributed by atoms with van der Waals surface area (Å²) in [4.78, 5) is 32.3. The van der Waals surface area contributed by atoms with Gasteiger partial charge < -0.3 is 24.5 Å². The fourth-order valence-corrected chi connectivity index (χ4v) is 4.76. The normalized spacial score (nSPS) is 14.2. The number of imidazole rings is 1. The molecule has 2 amide bonds. The van der Waals surface area contributed by atoms with Crippen LogP contribution in [-0.4, -0.2) is 49.0 Å². The van der Waals surface area contributed by atoms with Crippen molar-refractivity contribution in [3.8, 4) is 17.3 Å². The number of nitrogens with zero attached hydrogens (tertiary/aromatic N) is 4. The molecule has 0 unspecified atom stereocenters. The van der Waals surface area contributed by atoms with Gasteiger partial charge in [0.1, 0.15) is 5.69 Å². The molecule has 3 heterocycles. The Morgan fingerprint density at radius 2 is 1.69 bits per heavy atom. The number of carbonyl (C=O) groups excluding carboxylic acids is 2. The molecule has 2 aromatic heterocycles. The molecule has 0 atom stereocenters. The highest BCUT2D eigenvalue weighted by Gasteiger charge is 2.27. The van der Waals surface area contributed by atoms with E-state index in [1.807, 2.05) is 52.9 Å². The SMILES string of the molecule is Cn1cc(C(=O)N2CCCCCC2)c(O)c1-c1nc2cc(NC(=O)c3ccccc3)ccc2n1C. The van der Waals surface area contributed by atoms with Gasteiger partial charge in [-0.05, 0) is 43.2 Å². The highest BCUT2D eigenvalue weighted by molar-refractivity contribution is 6.05. The van der Waals surface area contributed by atoms with Gasteiger partial charge in [0.15, 0.2) is 11.6 Å². The number of hydrogen-bond acceptors (Lipinski definition) is 4. The zero-order valence-electron chi connectivity index (χ0n) is 20.0. The first-order chi connectivity index (χ1) is 16.9. The van der Waals surface area contributed by atoms with E-state index in [0.717, 1.165) is 31.2 Å². The summed E-state index contributed by atoms with van der Waals surface area (Å²) in [5, 5.41) is 14.0. The van der Waals surface area contributed by atoms with Crippen LogP contribution in [0.5, 0.6) is 5.75 Å². The fraction of sp³-hybridized carbons (Fsp3) is 0.296. The van der Waals surface area contributed by atoms with Crippen molar-refractivity contribution in [2.24, 2.45) is 14.1 Å². The molecule has 1 aliphatic heterocycles. The van der Waals surface area contributed by atoms with E-state index in [1.54, 1.807) is 29.9 Å². The molecule has 0 bridgehead atoms. The van der Waals surface area contributed by atoms with E-state index in [4.69, 9.17) is 4.98 Å². The van der Waals surface area contributed by atoms with Gasteiger partial charge in [-0.25, -0.2) is 4.98 Å². The van der Waals surface area contributed by atoms with E-state index in [2.05, 4.69) is 5.32 Å². The van der Waals surface area contributed by atoms with Crippen LogP contribution in [0.1, 0.15) is 46.4 Å². The lowest BCUT2D eigenvalue weighted by molar-refractivity contribution is 0.0758. The van der Waals surface area contributed by atoms with E-state index >= 15 is 0 Å². The van der Waals surface area contributed by atoms with Crippen LogP contribution in [0, 0.1) is 0 Å². The third-order valence-corrected chi connectivity index (χ3v) is 6.67. The molecule has 2 aromatic carbocycles. The van der Waals surface area contributed by atoms with Gasteiger partial charge in [-0.1, -0.05) is 31.0 Å². The molecule has 1 fully saturated rings. The van der Waals surface area contributed by atoms with Crippen molar-refractivity contribution in [1.82, 2.24) is 19.0 Å². The Morgan fingerprint density at radius 3 is 2.40 bits per heavy atom. The second-order valence-electron chi connectivity index (χ2n) is 9.08. The minimum absolute atomic E-state index is 0.0576. The summed E-state index contributed by atoms with van der Waals surface area (Å²) >= 11 is 0. The van der Waals surface area contributed by atoms with Gasteiger partial charge in [-0.3, -0.25) is 9.59 Å². The second-order valence-corrected chi connectivity index (χ2v) is 9.08. The van der Waals surface area contributed by atoms with Crippen LogP contribution in [0.25, 0.3) is 22.6 Å². The predicted molar refractivity (Wildman–Crippen MR) is 136 cm³/mol. The summed E-state index contributed by atoms with van der Waals surface area (Å²) in [7, 11) is 3.68. The van der Waals surface area contributed by atoms with Crippen LogP contribution < -0.4 is 5.32 Å². The van der Waals surface area contributed by atoms with E-state index in [0.29, 0.717) is 46.9 Å². The zero-order chi connectivity index (χ0) is 24.5. The van der Waals surface area contributed by atoms with Crippen molar-refractivity contribution in [3.63, 3.8) is 0 Å². The predicted octanol–water partition coefficient (Wildman–Crippen LogP) is 4.55. The quantitative estimate of drug-likeness (QED) is 0.457. The third kappa shape index (κ3) is 4.27. The number of carbonyl (C=O) groups is 2. The molecule has 8 nitrogen and oxygen atoms in total. The highest BCUT2D eigenvalue weighted by atomic mass is 16.3. The number of aromatic nitrogens is 3. The molecule has 4 aromatic rings. The van der Waals surface area contributed by atoms with Crippen molar-refractivity contribution < 1.29 is 14.7 Å². The van der Waals surface area contributed by atoms with Gasteiger partial charge in [0.25, 0.3) is 11.8 Å². The highest BCUT2D eigenvalue weighted by Crippen LogP contribution is 2.36. The maximum Gasteiger partial charge on any atom is 0.259 e. The average molecular weight is 472 g/mol. The first-order valence-corrected chi connectivity index (χ1v) is 11.9. The molecule has 8 heteroatoms. The maximum absolute atomic E-state index is 13.2. The average Bonchev–Trinajstić information content (AvgIpc) is 3.18. The van der Waals surface area contributed by atoms with E-state index in [-0.39, 0.29) is 17.6 Å². The summed E-state index contributed by atoms with van der Waals surface area (Å²) in [6, 6.07) is 14.5. The molecular weight excluding hydrogens is 442 g/mol. The standard InChI is InChI=1S/C27H29N5O3/c1-30-17-20(27(35)32-14-8-3-4-9-15-32)24(33)23(30)25-29-21-16-19(12-13-22(21)31(25)2)28-26(34)18-10-6-5-7-11-18/h5-7,10-13,16-17,33H,3-4,8-9,14-15H2,1-2H3,(H,28,34). The summed E-state index contributed by atoms with van der Waals surface area (Å²) < 4.78 is 3.63. The van der Waals surface area contributed by atoms with Crippen molar-refractivity contribution in [2.45, 2.75) is 25.7 Å². The number of amides is 2. The topological polar surface area (TPSA) is 92.4 Å². The lowest BCUT2D eigenvalue weighted by atomic mass is 10.2. The Bertz CT molecular complexity index is 1400. The van der Waals surface area contributed by atoms with E-state index in [9.17, 15) is 14.7 Å². The molecule has 1 aliphatic rings. The number of hydrogen-bond donors (Lipinski definition) is 2. The van der Waals surface area contributed by atoms with Crippen molar-refractivity contribution in [1.29, 1.82) is 0 Å².